The minimum absolute atomic E-state index is 0.0707. The molecule has 0 bridgehead atoms. The monoisotopic (exact) mass is 469 g/mol. The maximum atomic E-state index is 13.1. The highest BCUT2D eigenvalue weighted by molar-refractivity contribution is 7.99. The first-order valence-corrected chi connectivity index (χ1v) is 12.0. The van der Waals surface area contributed by atoms with Crippen molar-refractivity contribution in [3.63, 3.8) is 0 Å². The van der Waals surface area contributed by atoms with Crippen molar-refractivity contribution in [2.24, 2.45) is 5.92 Å². The molecule has 0 aliphatic rings. The van der Waals surface area contributed by atoms with Crippen LogP contribution in [0.2, 0.25) is 0 Å². The van der Waals surface area contributed by atoms with Crippen LogP contribution in [0.1, 0.15) is 38.8 Å². The number of nitrogens with zero attached hydrogens (tertiary/aromatic N) is 2. The summed E-state index contributed by atoms with van der Waals surface area (Å²) in [6.07, 6.45) is 0.854. The summed E-state index contributed by atoms with van der Waals surface area (Å²) in [6.45, 7) is 6.70. The van der Waals surface area contributed by atoms with Crippen LogP contribution in [0.5, 0.6) is 11.5 Å². The van der Waals surface area contributed by atoms with Gasteiger partial charge >= 0.3 is 0 Å². The van der Waals surface area contributed by atoms with Crippen molar-refractivity contribution >= 4 is 28.6 Å². The zero-order valence-corrected chi connectivity index (χ0v) is 20.6. The standard InChI is InChI=1S/C25H31N3O4S/c1-16(2)12-13-28-24(30)19-8-6-7-9-21(19)27-25(28)33-15-23(29)26-17(3)20-14-18(31-4)10-11-22(20)32-5/h6-11,14,16-17H,12-13,15H2,1-5H3,(H,26,29). The van der Waals surface area contributed by atoms with Crippen LogP contribution >= 0.6 is 11.8 Å². The van der Waals surface area contributed by atoms with Gasteiger partial charge in [0.2, 0.25) is 5.91 Å². The quantitative estimate of drug-likeness (QED) is 0.349. The Bertz CT molecular complexity index is 1180. The molecule has 176 valence electrons. The number of hydrogen-bond donors (Lipinski definition) is 1. The fourth-order valence-electron chi connectivity index (χ4n) is 3.51. The van der Waals surface area contributed by atoms with Crippen LogP contribution in [0.15, 0.2) is 52.4 Å². The number of fused-ring (bicyclic) bond motifs is 1. The predicted octanol–water partition coefficient (Wildman–Crippen LogP) is 4.43. The van der Waals surface area contributed by atoms with Crippen LogP contribution in [0.25, 0.3) is 10.9 Å². The van der Waals surface area contributed by atoms with Gasteiger partial charge in [-0.2, -0.15) is 0 Å². The summed E-state index contributed by atoms with van der Waals surface area (Å²) in [5.74, 6) is 1.80. The Hall–Kier alpha value is -3.00. The summed E-state index contributed by atoms with van der Waals surface area (Å²) < 4.78 is 12.4. The molecule has 0 radical (unpaired) electrons. The van der Waals surface area contributed by atoms with E-state index < -0.39 is 0 Å². The van der Waals surface area contributed by atoms with E-state index in [4.69, 9.17) is 9.47 Å². The number of hydrogen-bond acceptors (Lipinski definition) is 6. The van der Waals surface area contributed by atoms with Crippen LogP contribution in [-0.2, 0) is 11.3 Å². The summed E-state index contributed by atoms with van der Waals surface area (Å²) in [4.78, 5) is 30.5. The molecule has 0 spiro atoms. The molecule has 0 saturated heterocycles. The highest BCUT2D eigenvalue weighted by Crippen LogP contribution is 2.29. The molecule has 3 rings (SSSR count). The van der Waals surface area contributed by atoms with Gasteiger partial charge in [0.25, 0.3) is 5.56 Å². The van der Waals surface area contributed by atoms with Gasteiger partial charge in [0.1, 0.15) is 11.5 Å². The van der Waals surface area contributed by atoms with Crippen LogP contribution < -0.4 is 20.3 Å². The van der Waals surface area contributed by atoms with E-state index in [1.54, 1.807) is 24.9 Å². The molecule has 1 aromatic heterocycles. The van der Waals surface area contributed by atoms with Gasteiger partial charge in [-0.05, 0) is 49.6 Å². The number of methoxy groups -OCH3 is 2. The van der Waals surface area contributed by atoms with E-state index in [1.165, 1.54) is 11.8 Å². The maximum absolute atomic E-state index is 13.1. The van der Waals surface area contributed by atoms with Gasteiger partial charge in [-0.3, -0.25) is 14.2 Å². The number of carbonyl (C=O) groups is 1. The Morgan fingerprint density at radius 3 is 2.58 bits per heavy atom. The summed E-state index contributed by atoms with van der Waals surface area (Å²) in [5, 5.41) is 4.15. The Morgan fingerprint density at radius 1 is 1.12 bits per heavy atom. The van der Waals surface area contributed by atoms with E-state index in [2.05, 4.69) is 24.1 Å². The number of ether oxygens (including phenoxy) is 2. The number of aromatic nitrogens is 2. The van der Waals surface area contributed by atoms with Gasteiger partial charge in [-0.1, -0.05) is 37.7 Å². The third-order valence-electron chi connectivity index (χ3n) is 5.37. The van der Waals surface area contributed by atoms with Crippen molar-refractivity contribution in [2.45, 2.75) is 44.9 Å². The first kappa shape index (κ1) is 24.6. The Morgan fingerprint density at radius 2 is 1.88 bits per heavy atom. The molecule has 33 heavy (non-hydrogen) atoms. The Balaban J connectivity index is 1.77. The molecule has 3 aromatic rings. The first-order valence-electron chi connectivity index (χ1n) is 11.0. The average Bonchev–Trinajstić information content (AvgIpc) is 2.81. The lowest BCUT2D eigenvalue weighted by Gasteiger charge is -2.18. The van der Waals surface area contributed by atoms with E-state index in [0.29, 0.717) is 40.0 Å². The minimum atomic E-state index is -0.282. The molecule has 7 nitrogen and oxygen atoms in total. The van der Waals surface area contributed by atoms with Crippen LogP contribution in [-0.4, -0.2) is 35.4 Å². The molecular formula is C25H31N3O4S. The van der Waals surface area contributed by atoms with Gasteiger partial charge in [-0.25, -0.2) is 4.98 Å². The SMILES string of the molecule is COc1ccc(OC)c(C(C)NC(=O)CSc2nc3ccccc3c(=O)n2CCC(C)C)c1. The molecule has 1 heterocycles. The van der Waals surface area contributed by atoms with Crippen molar-refractivity contribution < 1.29 is 14.3 Å². The Kier molecular flexibility index (Phi) is 8.38. The molecule has 0 fully saturated rings. The number of para-hydroxylation sites is 1. The lowest BCUT2D eigenvalue weighted by Crippen LogP contribution is -2.29. The van der Waals surface area contributed by atoms with E-state index in [1.807, 2.05) is 43.3 Å². The van der Waals surface area contributed by atoms with Crippen molar-refractivity contribution in [3.8, 4) is 11.5 Å². The molecule has 0 aliphatic carbocycles. The predicted molar refractivity (Wildman–Crippen MR) is 132 cm³/mol. The fraction of sp³-hybridized carbons (Fsp3) is 0.400. The number of rotatable bonds is 10. The van der Waals surface area contributed by atoms with Gasteiger partial charge in [-0.15, -0.1) is 0 Å². The van der Waals surface area contributed by atoms with E-state index in [9.17, 15) is 9.59 Å². The number of nitrogens with one attached hydrogen (secondary N) is 1. The lowest BCUT2D eigenvalue weighted by atomic mass is 10.1. The number of carbonyl (C=O) groups excluding carboxylic acids is 1. The van der Waals surface area contributed by atoms with Crippen LogP contribution in [0.3, 0.4) is 0 Å². The average molecular weight is 470 g/mol. The van der Waals surface area contributed by atoms with Crippen LogP contribution in [0, 0.1) is 5.92 Å². The second-order valence-electron chi connectivity index (χ2n) is 8.24. The zero-order valence-electron chi connectivity index (χ0n) is 19.8. The number of thioether (sulfide) groups is 1. The smallest absolute Gasteiger partial charge is 0.262 e. The summed E-state index contributed by atoms with van der Waals surface area (Å²) in [5.41, 5.74) is 1.40. The molecule has 2 aromatic carbocycles. The fourth-order valence-corrected chi connectivity index (χ4v) is 4.35. The van der Waals surface area contributed by atoms with Crippen LogP contribution in [0.4, 0.5) is 0 Å². The molecular weight excluding hydrogens is 438 g/mol. The summed E-state index contributed by atoms with van der Waals surface area (Å²) >= 11 is 1.27. The number of benzene rings is 2. The van der Waals surface area contributed by atoms with Gasteiger partial charge < -0.3 is 14.8 Å². The van der Waals surface area contributed by atoms with E-state index in [0.717, 1.165) is 12.0 Å². The van der Waals surface area contributed by atoms with Crippen molar-refractivity contribution in [2.75, 3.05) is 20.0 Å². The largest absolute Gasteiger partial charge is 0.497 e. The highest BCUT2D eigenvalue weighted by Gasteiger charge is 2.17. The van der Waals surface area contributed by atoms with E-state index >= 15 is 0 Å². The van der Waals surface area contributed by atoms with Gasteiger partial charge in [0, 0.05) is 12.1 Å². The summed E-state index contributed by atoms with van der Waals surface area (Å²) in [6, 6.07) is 12.5. The first-order chi connectivity index (χ1) is 15.8. The molecule has 0 aliphatic heterocycles. The topological polar surface area (TPSA) is 82.5 Å². The molecule has 8 heteroatoms. The second kappa shape index (κ2) is 11.2. The van der Waals surface area contributed by atoms with Crippen molar-refractivity contribution in [1.82, 2.24) is 14.9 Å². The van der Waals surface area contributed by atoms with Crippen molar-refractivity contribution in [3.05, 3.63) is 58.4 Å². The third kappa shape index (κ3) is 6.07. The highest BCUT2D eigenvalue weighted by atomic mass is 32.2. The molecule has 1 amide bonds. The summed E-state index contributed by atoms with van der Waals surface area (Å²) in [7, 11) is 3.19. The van der Waals surface area contributed by atoms with Gasteiger partial charge in [0.05, 0.1) is 36.9 Å². The normalized spacial score (nSPS) is 12.1. The second-order valence-corrected chi connectivity index (χ2v) is 9.18. The maximum Gasteiger partial charge on any atom is 0.262 e. The lowest BCUT2D eigenvalue weighted by molar-refractivity contribution is -0.119. The number of amides is 1. The molecule has 1 unspecified atom stereocenters. The third-order valence-corrected chi connectivity index (χ3v) is 6.35. The van der Waals surface area contributed by atoms with E-state index in [-0.39, 0.29) is 23.3 Å². The molecule has 1 N–H and O–H groups in total. The Labute approximate surface area is 198 Å². The molecule has 1 atom stereocenters. The van der Waals surface area contributed by atoms with Crippen molar-refractivity contribution in [1.29, 1.82) is 0 Å². The molecule has 0 saturated carbocycles. The zero-order chi connectivity index (χ0) is 24.0. The minimum Gasteiger partial charge on any atom is -0.497 e. The van der Waals surface area contributed by atoms with Gasteiger partial charge in [0.15, 0.2) is 5.16 Å².